The molecule has 2 rings (SSSR count). The van der Waals surface area contributed by atoms with Crippen LogP contribution in [0.3, 0.4) is 0 Å². The number of carbonyl (C=O) groups excluding carboxylic acids is 1. The van der Waals surface area contributed by atoms with E-state index in [0.29, 0.717) is 11.4 Å². The monoisotopic (exact) mass is 234 g/mol. The van der Waals surface area contributed by atoms with Gasteiger partial charge in [-0.15, -0.1) is 0 Å². The highest BCUT2D eigenvalue weighted by Crippen LogP contribution is 2.31. The van der Waals surface area contributed by atoms with E-state index in [2.05, 4.69) is 10.6 Å². The van der Waals surface area contributed by atoms with Gasteiger partial charge in [-0.3, -0.25) is 4.79 Å². The summed E-state index contributed by atoms with van der Waals surface area (Å²) in [5.41, 5.74) is 1.10. The van der Waals surface area contributed by atoms with Gasteiger partial charge >= 0.3 is 5.97 Å². The van der Waals surface area contributed by atoms with Crippen molar-refractivity contribution in [2.45, 2.75) is 19.9 Å². The SMILES string of the molecule is CC1Nc2cccc(C(=O)O)c2NC(=O)C1C. The summed E-state index contributed by atoms with van der Waals surface area (Å²) in [6.45, 7) is 3.70. The molecule has 1 aliphatic rings. The molecule has 1 heterocycles. The molecule has 5 heteroatoms. The summed E-state index contributed by atoms with van der Waals surface area (Å²) in [4.78, 5) is 22.9. The normalized spacial score (nSPS) is 23.1. The van der Waals surface area contributed by atoms with E-state index >= 15 is 0 Å². The molecular weight excluding hydrogens is 220 g/mol. The lowest BCUT2D eigenvalue weighted by Gasteiger charge is -2.16. The fourth-order valence-electron chi connectivity index (χ4n) is 1.82. The highest BCUT2D eigenvalue weighted by molar-refractivity contribution is 6.06. The maximum Gasteiger partial charge on any atom is 0.337 e. The van der Waals surface area contributed by atoms with Gasteiger partial charge in [0.25, 0.3) is 0 Å². The van der Waals surface area contributed by atoms with E-state index in [1.54, 1.807) is 19.1 Å². The molecule has 3 N–H and O–H groups in total. The van der Waals surface area contributed by atoms with E-state index < -0.39 is 5.97 Å². The number of anilines is 2. The van der Waals surface area contributed by atoms with Crippen LogP contribution in [0.2, 0.25) is 0 Å². The van der Waals surface area contributed by atoms with Crippen LogP contribution >= 0.6 is 0 Å². The third-order valence-electron chi connectivity index (χ3n) is 3.09. The van der Waals surface area contributed by atoms with Crippen LogP contribution in [0, 0.1) is 5.92 Å². The number of carboxylic acids is 1. The van der Waals surface area contributed by atoms with Crippen LogP contribution in [-0.2, 0) is 4.79 Å². The van der Waals surface area contributed by atoms with Gasteiger partial charge in [0.05, 0.1) is 22.9 Å². The summed E-state index contributed by atoms with van der Waals surface area (Å²) >= 11 is 0. The second kappa shape index (κ2) is 4.08. The van der Waals surface area contributed by atoms with E-state index in [-0.39, 0.29) is 23.4 Å². The quantitative estimate of drug-likeness (QED) is 0.692. The Labute approximate surface area is 98.8 Å². The van der Waals surface area contributed by atoms with Crippen molar-refractivity contribution in [2.24, 2.45) is 5.92 Å². The Balaban J connectivity index is 2.53. The molecule has 1 amide bonds. The number of benzene rings is 1. The minimum absolute atomic E-state index is 0.0414. The number of aromatic carboxylic acids is 1. The Kier molecular flexibility index (Phi) is 2.75. The van der Waals surface area contributed by atoms with Crippen LogP contribution in [0.15, 0.2) is 18.2 Å². The molecule has 0 aliphatic carbocycles. The van der Waals surface area contributed by atoms with Crippen LogP contribution in [0.5, 0.6) is 0 Å². The molecule has 0 spiro atoms. The molecule has 0 saturated carbocycles. The maximum atomic E-state index is 11.8. The first-order valence-electron chi connectivity index (χ1n) is 5.44. The van der Waals surface area contributed by atoms with Crippen molar-refractivity contribution in [3.63, 3.8) is 0 Å². The molecule has 1 aromatic rings. The Hall–Kier alpha value is -2.04. The molecule has 2 unspecified atom stereocenters. The van der Waals surface area contributed by atoms with Gasteiger partial charge < -0.3 is 15.7 Å². The van der Waals surface area contributed by atoms with Crippen LogP contribution in [0.1, 0.15) is 24.2 Å². The molecule has 0 saturated heterocycles. The molecule has 90 valence electrons. The lowest BCUT2D eigenvalue weighted by Crippen LogP contribution is -2.30. The van der Waals surface area contributed by atoms with Gasteiger partial charge in [-0.05, 0) is 19.1 Å². The standard InChI is InChI=1S/C12H14N2O3/c1-6-7(2)13-9-5-3-4-8(12(16)17)10(9)14-11(6)15/h3-7,13H,1-2H3,(H,14,15)(H,16,17). The zero-order valence-electron chi connectivity index (χ0n) is 9.65. The average Bonchev–Trinajstić information content (AvgIpc) is 2.38. The summed E-state index contributed by atoms with van der Waals surface area (Å²) in [6, 6.07) is 4.85. The highest BCUT2D eigenvalue weighted by Gasteiger charge is 2.27. The van der Waals surface area contributed by atoms with Crippen LogP contribution in [0.25, 0.3) is 0 Å². The van der Waals surface area contributed by atoms with Crippen molar-refractivity contribution in [1.82, 2.24) is 0 Å². The Bertz CT molecular complexity index is 485. The number of carboxylic acid groups (broad SMARTS) is 1. The topological polar surface area (TPSA) is 78.4 Å². The molecule has 0 radical (unpaired) electrons. The lowest BCUT2D eigenvalue weighted by atomic mass is 10.0. The predicted octanol–water partition coefficient (Wildman–Crippen LogP) is 1.77. The van der Waals surface area contributed by atoms with Crippen LogP contribution in [0.4, 0.5) is 11.4 Å². The lowest BCUT2D eigenvalue weighted by molar-refractivity contribution is -0.119. The van der Waals surface area contributed by atoms with Crippen LogP contribution in [-0.4, -0.2) is 23.0 Å². The summed E-state index contributed by atoms with van der Waals surface area (Å²) in [6.07, 6.45) is 0. The minimum atomic E-state index is -1.05. The number of carbonyl (C=O) groups is 2. The molecule has 1 aromatic carbocycles. The number of para-hydroxylation sites is 1. The summed E-state index contributed by atoms with van der Waals surface area (Å²) in [5.74, 6) is -1.44. The second-order valence-corrected chi connectivity index (χ2v) is 4.24. The van der Waals surface area contributed by atoms with Crippen molar-refractivity contribution in [3.05, 3.63) is 23.8 Å². The Morgan fingerprint density at radius 1 is 1.35 bits per heavy atom. The van der Waals surface area contributed by atoms with Gasteiger partial charge in [0.15, 0.2) is 0 Å². The Morgan fingerprint density at radius 2 is 2.06 bits per heavy atom. The molecule has 0 fully saturated rings. The molecule has 1 aliphatic heterocycles. The smallest absolute Gasteiger partial charge is 0.337 e. The average molecular weight is 234 g/mol. The van der Waals surface area contributed by atoms with E-state index in [9.17, 15) is 9.59 Å². The van der Waals surface area contributed by atoms with Crippen LogP contribution < -0.4 is 10.6 Å². The number of rotatable bonds is 1. The number of nitrogens with one attached hydrogen (secondary N) is 2. The maximum absolute atomic E-state index is 11.8. The van der Waals surface area contributed by atoms with Gasteiger partial charge in [0.1, 0.15) is 0 Å². The van der Waals surface area contributed by atoms with E-state index in [1.165, 1.54) is 6.07 Å². The van der Waals surface area contributed by atoms with Crippen molar-refractivity contribution in [1.29, 1.82) is 0 Å². The van der Waals surface area contributed by atoms with E-state index in [0.717, 1.165) is 0 Å². The van der Waals surface area contributed by atoms with Gasteiger partial charge in [-0.2, -0.15) is 0 Å². The molecular formula is C12H14N2O3. The zero-order valence-corrected chi connectivity index (χ0v) is 9.65. The number of hydrogen-bond donors (Lipinski definition) is 3. The summed E-state index contributed by atoms with van der Waals surface area (Å²) < 4.78 is 0. The first kappa shape index (κ1) is 11.4. The minimum Gasteiger partial charge on any atom is -0.478 e. The zero-order chi connectivity index (χ0) is 12.6. The van der Waals surface area contributed by atoms with Gasteiger partial charge in [-0.1, -0.05) is 13.0 Å². The fourth-order valence-corrected chi connectivity index (χ4v) is 1.82. The van der Waals surface area contributed by atoms with E-state index in [4.69, 9.17) is 5.11 Å². The van der Waals surface area contributed by atoms with Gasteiger partial charge in [-0.25, -0.2) is 4.79 Å². The second-order valence-electron chi connectivity index (χ2n) is 4.24. The fraction of sp³-hybridized carbons (Fsp3) is 0.333. The molecule has 2 atom stereocenters. The van der Waals surface area contributed by atoms with Gasteiger partial charge in [0, 0.05) is 6.04 Å². The third kappa shape index (κ3) is 1.95. The van der Waals surface area contributed by atoms with Crippen molar-refractivity contribution in [3.8, 4) is 0 Å². The predicted molar refractivity (Wildman–Crippen MR) is 64.3 cm³/mol. The summed E-state index contributed by atoms with van der Waals surface area (Å²) in [5, 5.41) is 14.9. The number of fused-ring (bicyclic) bond motifs is 1. The summed E-state index contributed by atoms with van der Waals surface area (Å²) in [7, 11) is 0. The molecule has 0 bridgehead atoms. The first-order valence-corrected chi connectivity index (χ1v) is 5.44. The highest BCUT2D eigenvalue weighted by atomic mass is 16.4. The third-order valence-corrected chi connectivity index (χ3v) is 3.09. The number of amides is 1. The largest absolute Gasteiger partial charge is 0.478 e. The van der Waals surface area contributed by atoms with Crippen molar-refractivity contribution < 1.29 is 14.7 Å². The van der Waals surface area contributed by atoms with Gasteiger partial charge in [0.2, 0.25) is 5.91 Å². The molecule has 5 nitrogen and oxygen atoms in total. The molecule has 0 aromatic heterocycles. The number of hydrogen-bond acceptors (Lipinski definition) is 3. The Morgan fingerprint density at radius 3 is 2.71 bits per heavy atom. The molecule has 17 heavy (non-hydrogen) atoms. The van der Waals surface area contributed by atoms with Crippen molar-refractivity contribution >= 4 is 23.3 Å². The first-order chi connectivity index (χ1) is 8.00. The van der Waals surface area contributed by atoms with Crippen molar-refractivity contribution in [2.75, 3.05) is 10.6 Å². The van der Waals surface area contributed by atoms with E-state index in [1.807, 2.05) is 6.92 Å².